The van der Waals surface area contributed by atoms with Crippen LogP contribution >= 0.6 is 11.3 Å². The largest absolute Gasteiger partial charge is 0.497 e. The summed E-state index contributed by atoms with van der Waals surface area (Å²) in [5.41, 5.74) is 0.878. The summed E-state index contributed by atoms with van der Waals surface area (Å²) in [5.74, 6) is 0.696. The minimum atomic E-state index is -4.13. The van der Waals surface area contributed by atoms with Crippen LogP contribution in [-0.2, 0) is 10.0 Å². The molecule has 0 unspecified atom stereocenters. The maximum Gasteiger partial charge on any atom is 0.289 e. The van der Waals surface area contributed by atoms with E-state index in [0.717, 1.165) is 23.0 Å². The number of nitrogens with one attached hydrogen (secondary N) is 1. The molecule has 10 heteroatoms. The van der Waals surface area contributed by atoms with Crippen LogP contribution in [0.5, 0.6) is 5.75 Å². The fourth-order valence-electron chi connectivity index (χ4n) is 2.22. The smallest absolute Gasteiger partial charge is 0.289 e. The Morgan fingerprint density at radius 2 is 1.85 bits per heavy atom. The summed E-state index contributed by atoms with van der Waals surface area (Å²) in [5, 5.41) is 12.9. The molecule has 26 heavy (non-hydrogen) atoms. The van der Waals surface area contributed by atoms with E-state index in [1.807, 2.05) is 0 Å². The van der Waals surface area contributed by atoms with Gasteiger partial charge < -0.3 is 4.74 Å². The zero-order chi connectivity index (χ0) is 18.7. The molecule has 1 aromatic heterocycles. The van der Waals surface area contributed by atoms with Gasteiger partial charge in [0.25, 0.3) is 15.7 Å². The first kappa shape index (κ1) is 17.8. The summed E-state index contributed by atoms with van der Waals surface area (Å²) in [6.45, 7) is 0. The molecular formula is C16H13N3O5S2. The van der Waals surface area contributed by atoms with E-state index in [0.29, 0.717) is 11.4 Å². The van der Waals surface area contributed by atoms with E-state index < -0.39 is 25.5 Å². The monoisotopic (exact) mass is 391 g/mol. The third-order valence-electron chi connectivity index (χ3n) is 3.46. The van der Waals surface area contributed by atoms with E-state index in [1.165, 1.54) is 18.2 Å². The first-order valence-electron chi connectivity index (χ1n) is 7.27. The fraction of sp³-hybridized carbons (Fsp3) is 0.0625. The number of aromatic nitrogens is 1. The molecule has 0 bridgehead atoms. The zero-order valence-corrected chi connectivity index (χ0v) is 15.1. The summed E-state index contributed by atoms with van der Waals surface area (Å²) >= 11 is 1.09. The van der Waals surface area contributed by atoms with Crippen molar-refractivity contribution in [1.82, 2.24) is 4.98 Å². The summed E-state index contributed by atoms with van der Waals surface area (Å²) in [7, 11) is -2.57. The van der Waals surface area contributed by atoms with Gasteiger partial charge in [-0.2, -0.15) is 0 Å². The molecule has 0 aliphatic carbocycles. The molecule has 0 amide bonds. The summed E-state index contributed by atoms with van der Waals surface area (Å²) < 4.78 is 32.4. The summed E-state index contributed by atoms with van der Waals surface area (Å²) in [6, 6.07) is 12.3. The third-order valence-corrected chi connectivity index (χ3v) is 5.74. The average Bonchev–Trinajstić information content (AvgIpc) is 3.09. The number of sulfonamides is 1. The molecule has 0 saturated heterocycles. The standard InChI is InChI=1S/C16H13N3O5S2/c1-24-12-8-6-11(7-9-12)13-10-25-16(17-13)18-26(22,23)15-5-3-2-4-14(15)19(20)21/h2-10H,1H3,(H,17,18). The molecular weight excluding hydrogens is 378 g/mol. The first-order chi connectivity index (χ1) is 12.4. The van der Waals surface area contributed by atoms with Gasteiger partial charge in [-0.1, -0.05) is 12.1 Å². The van der Waals surface area contributed by atoms with Gasteiger partial charge in [0.15, 0.2) is 10.0 Å². The van der Waals surface area contributed by atoms with Crippen LogP contribution in [0, 0.1) is 10.1 Å². The second-order valence-electron chi connectivity index (χ2n) is 5.10. The molecule has 134 valence electrons. The SMILES string of the molecule is COc1ccc(-c2csc(NS(=O)(=O)c3ccccc3[N+](=O)[O-])n2)cc1. The van der Waals surface area contributed by atoms with Crippen molar-refractivity contribution >= 4 is 32.2 Å². The Kier molecular flexibility index (Phi) is 4.87. The van der Waals surface area contributed by atoms with Crippen molar-refractivity contribution in [2.45, 2.75) is 4.90 Å². The number of hydrogen-bond donors (Lipinski definition) is 1. The van der Waals surface area contributed by atoms with E-state index in [4.69, 9.17) is 4.74 Å². The lowest BCUT2D eigenvalue weighted by atomic mass is 10.2. The molecule has 3 rings (SSSR count). The molecule has 0 atom stereocenters. The average molecular weight is 391 g/mol. The summed E-state index contributed by atoms with van der Waals surface area (Å²) in [4.78, 5) is 14.1. The Bertz CT molecular complexity index is 1050. The van der Waals surface area contributed by atoms with Crippen LogP contribution < -0.4 is 9.46 Å². The quantitative estimate of drug-likeness (QED) is 0.508. The van der Waals surface area contributed by atoms with Gasteiger partial charge in [0, 0.05) is 17.0 Å². The molecule has 0 spiro atoms. The van der Waals surface area contributed by atoms with E-state index in [-0.39, 0.29) is 5.13 Å². The molecule has 0 aliphatic heterocycles. The minimum Gasteiger partial charge on any atom is -0.497 e. The van der Waals surface area contributed by atoms with Gasteiger partial charge in [-0.3, -0.25) is 14.8 Å². The third kappa shape index (κ3) is 3.65. The molecule has 0 radical (unpaired) electrons. The van der Waals surface area contributed by atoms with Crippen molar-refractivity contribution in [2.24, 2.45) is 0 Å². The van der Waals surface area contributed by atoms with Crippen LogP contribution in [0.4, 0.5) is 10.8 Å². The van der Waals surface area contributed by atoms with E-state index in [1.54, 1.807) is 36.8 Å². The van der Waals surface area contributed by atoms with Gasteiger partial charge in [-0.15, -0.1) is 11.3 Å². The summed E-state index contributed by atoms with van der Waals surface area (Å²) in [6.07, 6.45) is 0. The predicted octanol–water partition coefficient (Wildman–Crippen LogP) is 3.53. The lowest BCUT2D eigenvalue weighted by molar-refractivity contribution is -0.387. The number of nitrogens with zero attached hydrogens (tertiary/aromatic N) is 2. The maximum atomic E-state index is 12.5. The number of benzene rings is 2. The van der Waals surface area contributed by atoms with Gasteiger partial charge >= 0.3 is 0 Å². The van der Waals surface area contributed by atoms with Crippen molar-refractivity contribution in [3.63, 3.8) is 0 Å². The molecule has 8 nitrogen and oxygen atoms in total. The number of nitro groups is 1. The van der Waals surface area contributed by atoms with Crippen molar-refractivity contribution < 1.29 is 18.1 Å². The highest BCUT2D eigenvalue weighted by Gasteiger charge is 2.26. The van der Waals surface area contributed by atoms with Crippen molar-refractivity contribution in [3.05, 3.63) is 64.0 Å². The highest BCUT2D eigenvalue weighted by atomic mass is 32.2. The zero-order valence-electron chi connectivity index (χ0n) is 13.4. The van der Waals surface area contributed by atoms with E-state index in [2.05, 4.69) is 9.71 Å². The normalized spacial score (nSPS) is 11.1. The Balaban J connectivity index is 1.87. The van der Waals surface area contributed by atoms with E-state index in [9.17, 15) is 18.5 Å². The lowest BCUT2D eigenvalue weighted by Gasteiger charge is -2.05. The second-order valence-corrected chi connectivity index (χ2v) is 7.61. The Labute approximate surface area is 153 Å². The highest BCUT2D eigenvalue weighted by molar-refractivity contribution is 7.93. The maximum absolute atomic E-state index is 12.5. The Hall–Kier alpha value is -2.98. The van der Waals surface area contributed by atoms with E-state index >= 15 is 0 Å². The minimum absolute atomic E-state index is 0.119. The lowest BCUT2D eigenvalue weighted by Crippen LogP contribution is -2.14. The van der Waals surface area contributed by atoms with Crippen LogP contribution in [0.25, 0.3) is 11.3 Å². The molecule has 0 saturated carbocycles. The number of rotatable bonds is 6. The van der Waals surface area contributed by atoms with Gasteiger partial charge in [-0.25, -0.2) is 13.4 Å². The van der Waals surface area contributed by atoms with Crippen molar-refractivity contribution in [1.29, 1.82) is 0 Å². The number of thiazole rings is 1. The first-order valence-corrected chi connectivity index (χ1v) is 9.63. The molecule has 2 aromatic carbocycles. The predicted molar refractivity (Wildman–Crippen MR) is 98.0 cm³/mol. The molecule has 3 aromatic rings. The second kappa shape index (κ2) is 7.10. The van der Waals surface area contributed by atoms with Crippen molar-refractivity contribution in [3.8, 4) is 17.0 Å². The number of methoxy groups -OCH3 is 1. The van der Waals surface area contributed by atoms with Crippen LogP contribution in [0.1, 0.15) is 0 Å². The van der Waals surface area contributed by atoms with Gasteiger partial charge in [0.1, 0.15) is 5.75 Å². The van der Waals surface area contributed by atoms with Gasteiger partial charge in [0.05, 0.1) is 17.7 Å². The van der Waals surface area contributed by atoms with Crippen LogP contribution in [0.2, 0.25) is 0 Å². The number of hydrogen-bond acceptors (Lipinski definition) is 7. The Morgan fingerprint density at radius 1 is 1.15 bits per heavy atom. The Morgan fingerprint density at radius 3 is 2.50 bits per heavy atom. The molecule has 1 N–H and O–H groups in total. The molecule has 1 heterocycles. The van der Waals surface area contributed by atoms with Gasteiger partial charge in [0.2, 0.25) is 0 Å². The number of ether oxygens (including phenoxy) is 1. The van der Waals surface area contributed by atoms with Crippen molar-refractivity contribution in [2.75, 3.05) is 11.8 Å². The highest BCUT2D eigenvalue weighted by Crippen LogP contribution is 2.29. The number of anilines is 1. The number of nitro benzene ring substituents is 1. The van der Waals surface area contributed by atoms with Crippen LogP contribution in [-0.4, -0.2) is 25.4 Å². The fourth-order valence-corrected chi connectivity index (χ4v) is 4.37. The number of para-hydroxylation sites is 1. The van der Waals surface area contributed by atoms with Crippen LogP contribution in [0.15, 0.2) is 58.8 Å². The van der Waals surface area contributed by atoms with Gasteiger partial charge in [-0.05, 0) is 30.3 Å². The topological polar surface area (TPSA) is 111 Å². The van der Waals surface area contributed by atoms with Crippen LogP contribution in [0.3, 0.4) is 0 Å². The molecule has 0 fully saturated rings. The molecule has 0 aliphatic rings.